The molecule has 0 aromatic heterocycles. The lowest BCUT2D eigenvalue weighted by molar-refractivity contribution is -0.889. The molecule has 0 aromatic rings. The maximum absolute atomic E-state index is 12.7. The average molecular weight is 874 g/mol. The lowest BCUT2D eigenvalue weighted by atomic mass is 10.1. The van der Waals surface area contributed by atoms with E-state index in [1.807, 2.05) is 0 Å². The van der Waals surface area contributed by atoms with Gasteiger partial charge in [0.2, 0.25) is 0 Å². The molecule has 0 heterocycles. The number of esters is 2. The first-order valence-electron chi connectivity index (χ1n) is 24.1. The number of likely N-dealkylation sites (N-methyl/N-ethyl adjacent to an activating group) is 1. The van der Waals surface area contributed by atoms with E-state index in [2.05, 4.69) is 135 Å². The molecule has 0 fully saturated rings. The number of rotatable bonds is 41. The van der Waals surface area contributed by atoms with Crippen LogP contribution in [0.15, 0.2) is 122 Å². The van der Waals surface area contributed by atoms with Gasteiger partial charge in [0, 0.05) is 19.3 Å². The molecule has 63 heavy (non-hydrogen) atoms. The van der Waals surface area contributed by atoms with Crippen LogP contribution in [0.2, 0.25) is 0 Å². The van der Waals surface area contributed by atoms with Gasteiger partial charge < -0.3 is 28.6 Å². The molecular weight excluding hydrogens is 787 g/mol. The second kappa shape index (κ2) is 44.3. The topological polar surface area (TPSA) is 102 Å². The van der Waals surface area contributed by atoms with Crippen LogP contribution in [0.3, 0.4) is 0 Å². The highest BCUT2D eigenvalue weighted by atomic mass is 16.6. The number of carbonyl (C=O) groups is 3. The molecule has 0 spiro atoms. The van der Waals surface area contributed by atoms with E-state index in [-0.39, 0.29) is 55.5 Å². The summed E-state index contributed by atoms with van der Waals surface area (Å²) in [5.74, 6) is -1.85. The number of quaternary nitrogens is 1. The molecule has 0 saturated carbocycles. The summed E-state index contributed by atoms with van der Waals surface area (Å²) in [4.78, 5) is 36.9. The molecule has 0 radical (unpaired) electrons. The minimum Gasteiger partial charge on any atom is -0.544 e. The number of hydrogen-bond acceptors (Lipinski definition) is 7. The molecule has 8 heteroatoms. The quantitative estimate of drug-likeness (QED) is 0.0261. The summed E-state index contributed by atoms with van der Waals surface area (Å²) in [6.45, 7) is 4.34. The Hall–Kier alpha value is -4.27. The van der Waals surface area contributed by atoms with Crippen molar-refractivity contribution in [2.75, 3.05) is 41.0 Å². The van der Waals surface area contributed by atoms with E-state index in [0.717, 1.165) is 103 Å². The Morgan fingerprint density at radius 1 is 0.476 bits per heavy atom. The number of allylic oxidation sites excluding steroid dienone is 20. The standard InChI is InChI=1S/C55H87NO7/c1-6-8-10-12-14-16-18-20-22-24-25-26-27-28-29-30-32-33-35-37-39-41-43-45-53(57)62-50-51(49-61-48-47-52(55(59)60)56(3,4)5)63-54(58)46-44-42-40-38-36-34-31-23-21-19-17-15-13-11-9-7-2/h8-11,14-17,20-23,25-26,28-29,32-33,37,39,51-52H,6-7,12-13,18-19,24,27,30-31,34-36,38,40-50H2,1-5H3/b10-8+,11-9+,16-14+,17-15+,22-20+,23-21+,26-25+,29-28+,33-32+,39-37+. The zero-order valence-electron chi connectivity index (χ0n) is 40.2. The predicted molar refractivity (Wildman–Crippen MR) is 263 cm³/mol. The van der Waals surface area contributed by atoms with Gasteiger partial charge in [-0.05, 0) is 96.3 Å². The van der Waals surface area contributed by atoms with Crippen molar-refractivity contribution in [3.05, 3.63) is 122 Å². The van der Waals surface area contributed by atoms with Gasteiger partial charge >= 0.3 is 11.9 Å². The Balaban J connectivity index is 4.44. The molecule has 0 amide bonds. The largest absolute Gasteiger partial charge is 0.544 e. The van der Waals surface area contributed by atoms with Crippen molar-refractivity contribution in [2.24, 2.45) is 0 Å². The fourth-order valence-corrected chi connectivity index (χ4v) is 6.19. The molecule has 0 aliphatic carbocycles. The number of unbranched alkanes of at least 4 members (excludes halogenated alkanes) is 7. The van der Waals surface area contributed by atoms with E-state index in [0.29, 0.717) is 6.42 Å². The molecule has 0 bridgehead atoms. The third-order valence-electron chi connectivity index (χ3n) is 9.84. The predicted octanol–water partition coefficient (Wildman–Crippen LogP) is 12.5. The summed E-state index contributed by atoms with van der Waals surface area (Å²) in [5, 5.41) is 11.6. The number of ether oxygens (including phenoxy) is 3. The van der Waals surface area contributed by atoms with Gasteiger partial charge in [-0.25, -0.2) is 0 Å². The van der Waals surface area contributed by atoms with E-state index in [4.69, 9.17) is 14.2 Å². The van der Waals surface area contributed by atoms with Gasteiger partial charge in [0.05, 0.1) is 40.3 Å². The van der Waals surface area contributed by atoms with E-state index in [9.17, 15) is 19.5 Å². The molecule has 0 saturated heterocycles. The lowest BCUT2D eigenvalue weighted by Crippen LogP contribution is -2.55. The van der Waals surface area contributed by atoms with Crippen molar-refractivity contribution in [3.63, 3.8) is 0 Å². The number of carboxylic acid groups (broad SMARTS) is 1. The van der Waals surface area contributed by atoms with Crippen molar-refractivity contribution >= 4 is 17.9 Å². The fourth-order valence-electron chi connectivity index (χ4n) is 6.19. The first-order chi connectivity index (χ1) is 30.6. The van der Waals surface area contributed by atoms with Gasteiger partial charge in [-0.15, -0.1) is 0 Å². The van der Waals surface area contributed by atoms with Gasteiger partial charge in [-0.2, -0.15) is 0 Å². The number of carbonyl (C=O) groups excluding carboxylic acids is 3. The van der Waals surface area contributed by atoms with Crippen LogP contribution in [0.4, 0.5) is 0 Å². The molecule has 2 atom stereocenters. The van der Waals surface area contributed by atoms with Gasteiger partial charge in [-0.1, -0.05) is 161 Å². The highest BCUT2D eigenvalue weighted by Gasteiger charge is 2.25. The van der Waals surface area contributed by atoms with Crippen molar-refractivity contribution in [1.82, 2.24) is 0 Å². The molecule has 0 N–H and O–H groups in total. The maximum Gasteiger partial charge on any atom is 0.306 e. The summed E-state index contributed by atoms with van der Waals surface area (Å²) in [7, 11) is 5.37. The molecule has 8 nitrogen and oxygen atoms in total. The van der Waals surface area contributed by atoms with Crippen LogP contribution in [0, 0.1) is 0 Å². The van der Waals surface area contributed by atoms with E-state index in [1.165, 1.54) is 12.8 Å². The first-order valence-corrected chi connectivity index (χ1v) is 24.1. The fraction of sp³-hybridized carbons (Fsp3) is 0.582. The summed E-state index contributed by atoms with van der Waals surface area (Å²) in [5.41, 5.74) is 0. The summed E-state index contributed by atoms with van der Waals surface area (Å²) >= 11 is 0. The van der Waals surface area contributed by atoms with Crippen molar-refractivity contribution < 1.29 is 38.2 Å². The third kappa shape index (κ3) is 42.8. The molecular formula is C55H87NO7. The highest BCUT2D eigenvalue weighted by Crippen LogP contribution is 2.12. The average Bonchev–Trinajstić information content (AvgIpc) is 3.24. The highest BCUT2D eigenvalue weighted by molar-refractivity contribution is 5.70. The van der Waals surface area contributed by atoms with Crippen molar-refractivity contribution in [3.8, 4) is 0 Å². The van der Waals surface area contributed by atoms with Gasteiger partial charge in [-0.3, -0.25) is 9.59 Å². The second-order valence-corrected chi connectivity index (χ2v) is 16.6. The minimum atomic E-state index is -1.14. The Labute approximate surface area is 384 Å². The van der Waals surface area contributed by atoms with Crippen LogP contribution in [-0.4, -0.2) is 75.5 Å². The monoisotopic (exact) mass is 874 g/mol. The SMILES string of the molecule is CC/C=C/C/C=C/C/C=C/C/C=C/C/C=C/C/C=C/C/C=C/CCCC(=O)OCC(COCCC(C(=O)[O-])[N+](C)(C)C)OC(=O)CCCCCCCC/C=C/C/C=C/C/C=C/CC. The van der Waals surface area contributed by atoms with E-state index >= 15 is 0 Å². The number of hydrogen-bond donors (Lipinski definition) is 0. The molecule has 354 valence electrons. The van der Waals surface area contributed by atoms with E-state index in [1.54, 1.807) is 21.1 Å². The molecule has 2 unspecified atom stereocenters. The third-order valence-corrected chi connectivity index (χ3v) is 9.84. The summed E-state index contributed by atoms with van der Waals surface area (Å²) < 4.78 is 17.1. The maximum atomic E-state index is 12.7. The Morgan fingerprint density at radius 2 is 0.857 bits per heavy atom. The first kappa shape index (κ1) is 58.7. The van der Waals surface area contributed by atoms with Crippen LogP contribution in [0.25, 0.3) is 0 Å². The number of aliphatic carboxylic acids is 1. The van der Waals surface area contributed by atoms with Crippen LogP contribution in [0.5, 0.6) is 0 Å². The van der Waals surface area contributed by atoms with Crippen LogP contribution in [0.1, 0.15) is 155 Å². The second-order valence-electron chi connectivity index (χ2n) is 16.6. The minimum absolute atomic E-state index is 0.00824. The van der Waals surface area contributed by atoms with Gasteiger partial charge in [0.1, 0.15) is 12.6 Å². The normalized spacial score (nSPS) is 14.0. The number of nitrogens with zero attached hydrogens (tertiary/aromatic N) is 1. The smallest absolute Gasteiger partial charge is 0.306 e. The van der Waals surface area contributed by atoms with E-state index < -0.39 is 18.1 Å². The van der Waals surface area contributed by atoms with Crippen LogP contribution in [-0.2, 0) is 28.6 Å². The molecule has 0 rings (SSSR count). The van der Waals surface area contributed by atoms with Crippen molar-refractivity contribution in [1.29, 1.82) is 0 Å². The number of carboxylic acids is 1. The van der Waals surface area contributed by atoms with Crippen LogP contribution < -0.4 is 5.11 Å². The van der Waals surface area contributed by atoms with Gasteiger partial charge in [0.25, 0.3) is 0 Å². The Kier molecular flexibility index (Phi) is 41.3. The Morgan fingerprint density at radius 3 is 1.29 bits per heavy atom. The zero-order chi connectivity index (χ0) is 46.3. The summed E-state index contributed by atoms with van der Waals surface area (Å²) in [6.07, 6.45) is 62.3. The molecule has 0 aromatic carbocycles. The Bertz CT molecular complexity index is 1440. The molecule has 0 aliphatic rings. The van der Waals surface area contributed by atoms with Crippen molar-refractivity contribution in [2.45, 2.75) is 167 Å². The molecule has 0 aliphatic heterocycles. The lowest BCUT2D eigenvalue weighted by Gasteiger charge is -2.34. The van der Waals surface area contributed by atoms with Crippen LogP contribution >= 0.6 is 0 Å². The zero-order valence-corrected chi connectivity index (χ0v) is 40.2. The van der Waals surface area contributed by atoms with Gasteiger partial charge in [0.15, 0.2) is 6.10 Å². The summed E-state index contributed by atoms with van der Waals surface area (Å²) in [6, 6.07) is -0.745.